The molecular weight excluding hydrogens is 408 g/mol. The van der Waals surface area contributed by atoms with Gasteiger partial charge < -0.3 is 5.11 Å². The molecule has 1 fully saturated rings. The first-order chi connectivity index (χ1) is 16.2. The van der Waals surface area contributed by atoms with Crippen molar-refractivity contribution in [2.24, 2.45) is 0 Å². The minimum atomic E-state index is 0.365. The Hall–Kier alpha value is -3.57. The van der Waals surface area contributed by atoms with Gasteiger partial charge >= 0.3 is 0 Å². The molecule has 1 N–H and O–H groups in total. The Morgan fingerprint density at radius 1 is 0.939 bits per heavy atom. The first-order valence-corrected chi connectivity index (χ1v) is 11.5. The fourth-order valence-electron chi connectivity index (χ4n) is 4.63. The number of phenols is 1. The molecular formula is C28H28N4O. The van der Waals surface area contributed by atoms with Gasteiger partial charge in [-0.3, -0.25) is 9.88 Å². The topological polar surface area (TPSA) is 62.1 Å². The van der Waals surface area contributed by atoms with Crippen molar-refractivity contribution < 1.29 is 5.11 Å². The lowest BCUT2D eigenvalue weighted by atomic mass is 9.88. The van der Waals surface area contributed by atoms with Gasteiger partial charge in [-0.25, -0.2) is 9.97 Å². The van der Waals surface area contributed by atoms with Crippen LogP contribution in [-0.4, -0.2) is 38.0 Å². The number of rotatable bonds is 5. The highest BCUT2D eigenvalue weighted by atomic mass is 16.3. The molecule has 5 rings (SSSR count). The van der Waals surface area contributed by atoms with E-state index in [2.05, 4.69) is 41.1 Å². The lowest BCUT2D eigenvalue weighted by Crippen LogP contribution is -2.33. The van der Waals surface area contributed by atoms with Crippen LogP contribution in [0, 0.1) is 6.92 Å². The second-order valence-electron chi connectivity index (χ2n) is 8.78. The number of piperidine rings is 1. The van der Waals surface area contributed by atoms with E-state index in [0.717, 1.165) is 60.7 Å². The maximum Gasteiger partial charge on any atom is 0.159 e. The van der Waals surface area contributed by atoms with Crippen LogP contribution >= 0.6 is 0 Å². The van der Waals surface area contributed by atoms with Crippen molar-refractivity contribution in [2.45, 2.75) is 32.2 Å². The molecule has 0 unspecified atom stereocenters. The van der Waals surface area contributed by atoms with Crippen LogP contribution in [0.4, 0.5) is 0 Å². The maximum absolute atomic E-state index is 10.1. The van der Waals surface area contributed by atoms with E-state index in [1.54, 1.807) is 18.5 Å². The summed E-state index contributed by atoms with van der Waals surface area (Å²) in [5, 5.41) is 10.1. The van der Waals surface area contributed by atoms with Crippen LogP contribution in [0.15, 0.2) is 79.3 Å². The van der Waals surface area contributed by atoms with Crippen molar-refractivity contribution in [1.82, 2.24) is 19.9 Å². The lowest BCUT2D eigenvalue weighted by molar-refractivity contribution is 0.201. The highest BCUT2D eigenvalue weighted by Gasteiger charge is 2.25. The molecule has 1 saturated heterocycles. The lowest BCUT2D eigenvalue weighted by Gasteiger charge is -2.32. The molecule has 2 aromatic carbocycles. The summed E-state index contributed by atoms with van der Waals surface area (Å²) in [7, 11) is 0. The molecule has 0 saturated carbocycles. The average Bonchev–Trinajstić information content (AvgIpc) is 2.86. The predicted molar refractivity (Wildman–Crippen MR) is 131 cm³/mol. The van der Waals surface area contributed by atoms with Gasteiger partial charge in [-0.1, -0.05) is 48.0 Å². The fourth-order valence-corrected chi connectivity index (χ4v) is 4.63. The fraction of sp³-hybridized carbons (Fsp3) is 0.250. The van der Waals surface area contributed by atoms with Crippen molar-refractivity contribution in [1.29, 1.82) is 0 Å². The summed E-state index contributed by atoms with van der Waals surface area (Å²) in [6.45, 7) is 4.84. The summed E-state index contributed by atoms with van der Waals surface area (Å²) in [4.78, 5) is 16.4. The van der Waals surface area contributed by atoms with Crippen LogP contribution in [0.2, 0.25) is 0 Å². The minimum absolute atomic E-state index is 0.365. The summed E-state index contributed by atoms with van der Waals surface area (Å²) in [6.07, 6.45) is 7.61. The summed E-state index contributed by atoms with van der Waals surface area (Å²) in [5.41, 5.74) is 6.62. The third-order valence-corrected chi connectivity index (χ3v) is 6.45. The second kappa shape index (κ2) is 9.51. The molecule has 166 valence electrons. The molecule has 0 radical (unpaired) electrons. The zero-order valence-corrected chi connectivity index (χ0v) is 18.9. The molecule has 0 spiro atoms. The van der Waals surface area contributed by atoms with Gasteiger partial charge in [0.05, 0.1) is 5.69 Å². The molecule has 3 heterocycles. The van der Waals surface area contributed by atoms with E-state index in [9.17, 15) is 5.11 Å². The summed E-state index contributed by atoms with van der Waals surface area (Å²) in [6, 6.07) is 20.1. The minimum Gasteiger partial charge on any atom is -0.508 e. The SMILES string of the molecule is Cc1cccc(-c2cnc(-c3ccncc3)nc2C2CCN(Cc3ccccc3O)CC2)c1. The van der Waals surface area contributed by atoms with E-state index >= 15 is 0 Å². The molecule has 33 heavy (non-hydrogen) atoms. The first kappa shape index (κ1) is 21.3. The van der Waals surface area contributed by atoms with Gasteiger partial charge in [0, 0.05) is 47.7 Å². The zero-order chi connectivity index (χ0) is 22.6. The van der Waals surface area contributed by atoms with Gasteiger partial charge in [-0.15, -0.1) is 0 Å². The average molecular weight is 437 g/mol. The Kier molecular flexibility index (Phi) is 6.13. The number of para-hydroxylation sites is 1. The van der Waals surface area contributed by atoms with Crippen LogP contribution in [-0.2, 0) is 6.54 Å². The van der Waals surface area contributed by atoms with Gasteiger partial charge in [-0.05, 0) is 56.6 Å². The number of aromatic nitrogens is 3. The summed E-state index contributed by atoms with van der Waals surface area (Å²) >= 11 is 0. The van der Waals surface area contributed by atoms with Crippen molar-refractivity contribution >= 4 is 0 Å². The standard InChI is InChI=1S/C28H28N4O/c1-20-5-4-7-23(17-20)25-18-30-28(22-9-13-29-14-10-22)31-27(25)21-11-15-32(16-12-21)19-24-6-2-3-8-26(24)33/h2-10,13-14,17-18,21,33H,11-12,15-16,19H2,1H3. The Morgan fingerprint density at radius 3 is 2.48 bits per heavy atom. The van der Waals surface area contributed by atoms with E-state index < -0.39 is 0 Å². The van der Waals surface area contributed by atoms with Crippen molar-refractivity contribution in [3.8, 4) is 28.3 Å². The molecule has 0 bridgehead atoms. The van der Waals surface area contributed by atoms with E-state index in [1.807, 2.05) is 36.5 Å². The van der Waals surface area contributed by atoms with E-state index in [0.29, 0.717) is 11.7 Å². The quantitative estimate of drug-likeness (QED) is 0.441. The maximum atomic E-state index is 10.1. The number of nitrogens with zero attached hydrogens (tertiary/aromatic N) is 4. The second-order valence-corrected chi connectivity index (χ2v) is 8.78. The number of aromatic hydroxyl groups is 1. The normalized spacial score (nSPS) is 14.9. The van der Waals surface area contributed by atoms with E-state index in [-0.39, 0.29) is 0 Å². The molecule has 0 amide bonds. The van der Waals surface area contributed by atoms with Crippen LogP contribution in [0.1, 0.15) is 35.6 Å². The molecule has 0 aliphatic carbocycles. The summed E-state index contributed by atoms with van der Waals surface area (Å²) in [5.74, 6) is 1.49. The third kappa shape index (κ3) is 4.78. The van der Waals surface area contributed by atoms with E-state index in [4.69, 9.17) is 9.97 Å². The monoisotopic (exact) mass is 436 g/mol. The van der Waals surface area contributed by atoms with Crippen LogP contribution in [0.25, 0.3) is 22.5 Å². The number of aryl methyl sites for hydroxylation is 1. The van der Waals surface area contributed by atoms with Crippen molar-refractivity contribution in [2.75, 3.05) is 13.1 Å². The number of likely N-dealkylation sites (tertiary alicyclic amines) is 1. The number of benzene rings is 2. The molecule has 5 heteroatoms. The zero-order valence-electron chi connectivity index (χ0n) is 18.9. The highest BCUT2D eigenvalue weighted by molar-refractivity contribution is 5.68. The molecule has 5 nitrogen and oxygen atoms in total. The van der Waals surface area contributed by atoms with Crippen LogP contribution < -0.4 is 0 Å². The van der Waals surface area contributed by atoms with Gasteiger partial charge in [-0.2, -0.15) is 0 Å². The van der Waals surface area contributed by atoms with Gasteiger partial charge in [0.2, 0.25) is 0 Å². The van der Waals surface area contributed by atoms with Gasteiger partial charge in [0.1, 0.15) is 5.75 Å². The number of pyridine rings is 1. The van der Waals surface area contributed by atoms with Crippen LogP contribution in [0.5, 0.6) is 5.75 Å². The molecule has 1 aliphatic heterocycles. The summed E-state index contributed by atoms with van der Waals surface area (Å²) < 4.78 is 0. The molecule has 4 aromatic rings. The van der Waals surface area contributed by atoms with Crippen molar-refractivity contribution in [3.05, 3.63) is 96.1 Å². The van der Waals surface area contributed by atoms with Crippen molar-refractivity contribution in [3.63, 3.8) is 0 Å². The largest absolute Gasteiger partial charge is 0.508 e. The number of hydrogen-bond donors (Lipinski definition) is 1. The van der Waals surface area contributed by atoms with E-state index in [1.165, 1.54) is 11.1 Å². The number of hydrogen-bond acceptors (Lipinski definition) is 5. The number of phenolic OH excluding ortho intramolecular Hbond substituents is 1. The molecule has 0 atom stereocenters. The Bertz CT molecular complexity index is 1230. The molecule has 2 aromatic heterocycles. The highest BCUT2D eigenvalue weighted by Crippen LogP contribution is 2.36. The Morgan fingerprint density at radius 2 is 1.73 bits per heavy atom. The smallest absolute Gasteiger partial charge is 0.159 e. The first-order valence-electron chi connectivity index (χ1n) is 11.5. The third-order valence-electron chi connectivity index (χ3n) is 6.45. The Balaban J connectivity index is 1.43. The van der Waals surface area contributed by atoms with Crippen LogP contribution in [0.3, 0.4) is 0 Å². The predicted octanol–water partition coefficient (Wildman–Crippen LogP) is 5.60. The van der Waals surface area contributed by atoms with Gasteiger partial charge in [0.15, 0.2) is 5.82 Å². The Labute approximate surface area is 194 Å². The molecule has 1 aliphatic rings. The van der Waals surface area contributed by atoms with Gasteiger partial charge in [0.25, 0.3) is 0 Å².